The molecule has 6 nitrogen and oxygen atoms in total. The number of ether oxygens (including phenoxy) is 2. The molecule has 2 rings (SSSR count). The van der Waals surface area contributed by atoms with Crippen molar-refractivity contribution in [1.29, 1.82) is 0 Å². The fraction of sp³-hybridized carbons (Fsp3) is 0.692. The Morgan fingerprint density at radius 2 is 2.21 bits per heavy atom. The van der Waals surface area contributed by atoms with Crippen LogP contribution >= 0.6 is 0 Å². The molecule has 1 aromatic rings. The molecular weight excluding hydrogens is 244 g/mol. The van der Waals surface area contributed by atoms with Gasteiger partial charge in [0.15, 0.2) is 5.82 Å². The summed E-state index contributed by atoms with van der Waals surface area (Å²) in [6.07, 6.45) is 1.32. The molecule has 106 valence electrons. The summed E-state index contributed by atoms with van der Waals surface area (Å²) >= 11 is 0. The molecule has 1 saturated heterocycles. The molecule has 0 radical (unpaired) electrons. The zero-order chi connectivity index (χ0) is 13.8. The van der Waals surface area contributed by atoms with Gasteiger partial charge in [-0.3, -0.25) is 0 Å². The first-order valence-electron chi connectivity index (χ1n) is 6.54. The number of rotatable bonds is 4. The van der Waals surface area contributed by atoms with Crippen molar-refractivity contribution in [3.8, 4) is 0 Å². The van der Waals surface area contributed by atoms with Crippen molar-refractivity contribution < 1.29 is 9.47 Å². The van der Waals surface area contributed by atoms with Gasteiger partial charge in [-0.1, -0.05) is 6.92 Å². The number of anilines is 2. The molecule has 0 saturated carbocycles. The third kappa shape index (κ3) is 3.33. The molecule has 0 aromatic carbocycles. The lowest BCUT2D eigenvalue weighted by Gasteiger charge is -2.37. The summed E-state index contributed by atoms with van der Waals surface area (Å²) < 4.78 is 10.6. The number of methoxy groups -OCH3 is 2. The van der Waals surface area contributed by atoms with E-state index in [4.69, 9.17) is 15.2 Å². The molecule has 1 aromatic heterocycles. The summed E-state index contributed by atoms with van der Waals surface area (Å²) in [4.78, 5) is 10.9. The van der Waals surface area contributed by atoms with Crippen molar-refractivity contribution >= 4 is 11.6 Å². The minimum Gasteiger partial charge on any atom is -0.384 e. The monoisotopic (exact) mass is 266 g/mol. The van der Waals surface area contributed by atoms with Crippen LogP contribution in [-0.4, -0.2) is 43.4 Å². The van der Waals surface area contributed by atoms with Crippen LogP contribution in [0.2, 0.25) is 0 Å². The second kappa shape index (κ2) is 6.16. The Hall–Kier alpha value is -1.40. The Balaban J connectivity index is 2.17. The predicted molar refractivity (Wildman–Crippen MR) is 73.9 cm³/mol. The number of nitrogens with zero attached hydrogens (tertiary/aromatic N) is 3. The van der Waals surface area contributed by atoms with Gasteiger partial charge in [0.2, 0.25) is 0 Å². The highest BCUT2D eigenvalue weighted by Gasteiger charge is 2.27. The average molecular weight is 266 g/mol. The molecular formula is C13H22N4O2. The summed E-state index contributed by atoms with van der Waals surface area (Å²) in [6, 6.07) is 1.81. The second-order valence-electron chi connectivity index (χ2n) is 4.99. The Morgan fingerprint density at radius 1 is 1.42 bits per heavy atom. The largest absolute Gasteiger partial charge is 0.384 e. The SMILES string of the molecule is COCc1nc(N)cc(N2CCC(C)C(OC)C2)n1. The fourth-order valence-electron chi connectivity index (χ4n) is 2.41. The van der Waals surface area contributed by atoms with Gasteiger partial charge in [0, 0.05) is 33.4 Å². The third-order valence-corrected chi connectivity index (χ3v) is 3.57. The van der Waals surface area contributed by atoms with Crippen LogP contribution in [0.5, 0.6) is 0 Å². The summed E-state index contributed by atoms with van der Waals surface area (Å²) in [5.74, 6) is 2.52. The maximum Gasteiger partial charge on any atom is 0.158 e. The maximum atomic E-state index is 5.83. The number of nitrogen functional groups attached to an aromatic ring is 1. The maximum absolute atomic E-state index is 5.83. The number of hydrogen-bond acceptors (Lipinski definition) is 6. The molecule has 2 atom stereocenters. The quantitative estimate of drug-likeness (QED) is 0.878. The summed E-state index contributed by atoms with van der Waals surface area (Å²) in [5.41, 5.74) is 5.83. The molecule has 2 N–H and O–H groups in total. The van der Waals surface area contributed by atoms with Gasteiger partial charge in [0.25, 0.3) is 0 Å². The number of piperidine rings is 1. The summed E-state index contributed by atoms with van der Waals surface area (Å²) in [6.45, 7) is 4.39. The first-order valence-corrected chi connectivity index (χ1v) is 6.54. The number of aromatic nitrogens is 2. The highest BCUT2D eigenvalue weighted by Crippen LogP contribution is 2.24. The van der Waals surface area contributed by atoms with Crippen LogP contribution in [0.3, 0.4) is 0 Å². The molecule has 19 heavy (non-hydrogen) atoms. The minimum absolute atomic E-state index is 0.232. The predicted octanol–water partition coefficient (Wildman–Crippen LogP) is 1.07. The van der Waals surface area contributed by atoms with Crippen molar-refractivity contribution in [2.45, 2.75) is 26.1 Å². The van der Waals surface area contributed by atoms with Gasteiger partial charge in [0.1, 0.15) is 18.2 Å². The highest BCUT2D eigenvalue weighted by molar-refractivity contribution is 5.47. The summed E-state index contributed by atoms with van der Waals surface area (Å²) in [7, 11) is 3.38. The van der Waals surface area contributed by atoms with Crippen molar-refractivity contribution in [3.63, 3.8) is 0 Å². The standard InChI is InChI=1S/C13H22N4O2/c1-9-4-5-17(7-10(9)19-3)13-6-11(14)15-12(16-13)8-18-2/h6,9-10H,4-5,7-8H2,1-3H3,(H2,14,15,16). The molecule has 1 fully saturated rings. The molecule has 2 heterocycles. The molecule has 1 aliphatic rings. The number of nitrogens with two attached hydrogens (primary N) is 1. The first-order chi connectivity index (χ1) is 9.13. The van der Waals surface area contributed by atoms with E-state index in [1.807, 2.05) is 6.07 Å². The van der Waals surface area contributed by atoms with Crippen LogP contribution in [0.25, 0.3) is 0 Å². The van der Waals surface area contributed by atoms with Crippen molar-refractivity contribution in [2.24, 2.45) is 5.92 Å². The van der Waals surface area contributed by atoms with E-state index in [1.165, 1.54) is 0 Å². The van der Waals surface area contributed by atoms with Crippen LogP contribution in [-0.2, 0) is 16.1 Å². The van der Waals surface area contributed by atoms with Crippen LogP contribution in [0.15, 0.2) is 6.07 Å². The summed E-state index contributed by atoms with van der Waals surface area (Å²) in [5, 5.41) is 0. The van der Waals surface area contributed by atoms with Crippen LogP contribution in [0.1, 0.15) is 19.2 Å². The molecule has 1 aliphatic heterocycles. The Labute approximate surface area is 113 Å². The van der Waals surface area contributed by atoms with E-state index in [2.05, 4.69) is 21.8 Å². The van der Waals surface area contributed by atoms with E-state index in [9.17, 15) is 0 Å². The normalized spacial score (nSPS) is 23.6. The lowest BCUT2D eigenvalue weighted by atomic mass is 9.96. The molecule has 0 bridgehead atoms. The lowest BCUT2D eigenvalue weighted by molar-refractivity contribution is 0.0496. The zero-order valence-electron chi connectivity index (χ0n) is 11.8. The average Bonchev–Trinajstić information content (AvgIpc) is 2.39. The van der Waals surface area contributed by atoms with E-state index in [-0.39, 0.29) is 6.10 Å². The highest BCUT2D eigenvalue weighted by atomic mass is 16.5. The van der Waals surface area contributed by atoms with Crippen LogP contribution < -0.4 is 10.6 Å². The van der Waals surface area contributed by atoms with Gasteiger partial charge < -0.3 is 20.1 Å². The Bertz CT molecular complexity index is 427. The third-order valence-electron chi connectivity index (χ3n) is 3.57. The topological polar surface area (TPSA) is 73.5 Å². The van der Waals surface area contributed by atoms with Crippen LogP contribution in [0, 0.1) is 5.92 Å². The van der Waals surface area contributed by atoms with Crippen molar-refractivity contribution in [1.82, 2.24) is 9.97 Å². The Kier molecular flexibility index (Phi) is 4.55. The fourth-order valence-corrected chi connectivity index (χ4v) is 2.41. The zero-order valence-corrected chi connectivity index (χ0v) is 11.8. The van der Waals surface area contributed by atoms with Crippen molar-refractivity contribution in [3.05, 3.63) is 11.9 Å². The smallest absolute Gasteiger partial charge is 0.158 e. The molecule has 0 aliphatic carbocycles. The van der Waals surface area contributed by atoms with Crippen LogP contribution in [0.4, 0.5) is 11.6 Å². The molecule has 6 heteroatoms. The van der Waals surface area contributed by atoms with Gasteiger partial charge in [-0.05, 0) is 12.3 Å². The van der Waals surface area contributed by atoms with E-state index < -0.39 is 0 Å². The molecule has 2 unspecified atom stereocenters. The molecule has 0 spiro atoms. The van der Waals surface area contributed by atoms with Gasteiger partial charge in [0.05, 0.1) is 6.10 Å². The van der Waals surface area contributed by atoms with E-state index in [1.54, 1.807) is 14.2 Å². The molecule has 0 amide bonds. The van der Waals surface area contributed by atoms with Gasteiger partial charge in [-0.2, -0.15) is 0 Å². The Morgan fingerprint density at radius 3 is 2.89 bits per heavy atom. The van der Waals surface area contributed by atoms with E-state index in [0.29, 0.717) is 24.2 Å². The van der Waals surface area contributed by atoms with Crippen molar-refractivity contribution in [2.75, 3.05) is 37.9 Å². The van der Waals surface area contributed by atoms with Gasteiger partial charge in [-0.15, -0.1) is 0 Å². The van der Waals surface area contributed by atoms with Gasteiger partial charge >= 0.3 is 0 Å². The lowest BCUT2D eigenvalue weighted by Crippen LogP contribution is -2.44. The number of hydrogen-bond donors (Lipinski definition) is 1. The second-order valence-corrected chi connectivity index (χ2v) is 4.99. The van der Waals surface area contributed by atoms with E-state index >= 15 is 0 Å². The van der Waals surface area contributed by atoms with E-state index in [0.717, 1.165) is 25.3 Å². The first kappa shape index (κ1) is 14.0. The minimum atomic E-state index is 0.232. The van der Waals surface area contributed by atoms with Gasteiger partial charge in [-0.25, -0.2) is 9.97 Å².